The standard InChI is InChI=1S/C13H10ClNO/c14-13-9-5-4-6-11(13)10-15(16)12-7-2-1-3-8-12/h1-10H/b15-10+. The summed E-state index contributed by atoms with van der Waals surface area (Å²) in [7, 11) is 0. The van der Waals surface area contributed by atoms with E-state index in [9.17, 15) is 5.21 Å². The zero-order valence-electron chi connectivity index (χ0n) is 8.51. The molecule has 2 rings (SSSR count). The van der Waals surface area contributed by atoms with E-state index in [1.54, 1.807) is 24.3 Å². The summed E-state index contributed by atoms with van der Waals surface area (Å²) < 4.78 is 0.807. The molecule has 0 aliphatic heterocycles. The van der Waals surface area contributed by atoms with Crippen LogP contribution in [0.4, 0.5) is 5.69 Å². The predicted molar refractivity (Wildman–Crippen MR) is 66.3 cm³/mol. The number of rotatable bonds is 2. The summed E-state index contributed by atoms with van der Waals surface area (Å²) >= 11 is 5.96. The van der Waals surface area contributed by atoms with Crippen LogP contribution in [0.5, 0.6) is 0 Å². The first-order chi connectivity index (χ1) is 7.77. The van der Waals surface area contributed by atoms with Crippen LogP contribution in [0.25, 0.3) is 0 Å². The predicted octanol–water partition coefficient (Wildman–Crippen LogP) is 3.60. The van der Waals surface area contributed by atoms with Crippen molar-refractivity contribution in [2.24, 2.45) is 0 Å². The molecule has 0 aromatic heterocycles. The van der Waals surface area contributed by atoms with E-state index in [4.69, 9.17) is 11.6 Å². The van der Waals surface area contributed by atoms with Crippen LogP contribution in [0.15, 0.2) is 54.6 Å². The second kappa shape index (κ2) is 4.81. The van der Waals surface area contributed by atoms with Crippen molar-refractivity contribution in [2.45, 2.75) is 0 Å². The molecule has 2 nitrogen and oxygen atoms in total. The highest BCUT2D eigenvalue weighted by Gasteiger charge is 2.02. The van der Waals surface area contributed by atoms with Crippen LogP contribution in [0.3, 0.4) is 0 Å². The minimum atomic E-state index is 0.569. The molecule has 0 N–H and O–H groups in total. The fraction of sp³-hybridized carbons (Fsp3) is 0. The van der Waals surface area contributed by atoms with Gasteiger partial charge in [0, 0.05) is 12.1 Å². The van der Waals surface area contributed by atoms with E-state index in [0.717, 1.165) is 4.74 Å². The van der Waals surface area contributed by atoms with Crippen molar-refractivity contribution in [1.82, 2.24) is 0 Å². The van der Waals surface area contributed by atoms with E-state index < -0.39 is 0 Å². The molecule has 0 fully saturated rings. The quantitative estimate of drug-likeness (QED) is 0.336. The molecule has 0 saturated carbocycles. The van der Waals surface area contributed by atoms with Crippen molar-refractivity contribution >= 4 is 23.5 Å². The maximum absolute atomic E-state index is 11.8. The van der Waals surface area contributed by atoms with Gasteiger partial charge >= 0.3 is 0 Å². The fourth-order valence-electron chi connectivity index (χ4n) is 1.36. The molecule has 16 heavy (non-hydrogen) atoms. The Morgan fingerprint density at radius 2 is 1.56 bits per heavy atom. The Labute approximate surface area is 99.0 Å². The Balaban J connectivity index is 2.36. The number of benzene rings is 2. The smallest absolute Gasteiger partial charge is 0.216 e. The van der Waals surface area contributed by atoms with Gasteiger partial charge < -0.3 is 5.21 Å². The highest BCUT2D eigenvalue weighted by atomic mass is 35.5. The molecule has 0 amide bonds. The van der Waals surface area contributed by atoms with Gasteiger partial charge in [0.2, 0.25) is 5.69 Å². The fourth-order valence-corrected chi connectivity index (χ4v) is 1.54. The van der Waals surface area contributed by atoms with Crippen molar-refractivity contribution in [3.05, 3.63) is 70.4 Å². The Bertz CT molecular complexity index is 508. The summed E-state index contributed by atoms with van der Waals surface area (Å²) in [5.41, 5.74) is 1.30. The Kier molecular flexibility index (Phi) is 3.22. The largest absolute Gasteiger partial charge is 0.618 e. The number of para-hydroxylation sites is 1. The third-order valence-corrected chi connectivity index (χ3v) is 2.52. The molecule has 0 heterocycles. The van der Waals surface area contributed by atoms with Crippen molar-refractivity contribution in [2.75, 3.05) is 0 Å². The molecule has 2 aromatic carbocycles. The Hall–Kier alpha value is -1.80. The molecule has 0 saturated heterocycles. The van der Waals surface area contributed by atoms with E-state index in [1.165, 1.54) is 6.21 Å². The zero-order valence-corrected chi connectivity index (χ0v) is 9.26. The molecule has 0 unspecified atom stereocenters. The molecule has 0 aliphatic carbocycles. The van der Waals surface area contributed by atoms with Gasteiger partial charge in [0.15, 0.2) is 6.21 Å². The molecule has 0 bridgehead atoms. The molecule has 2 aromatic rings. The highest BCUT2D eigenvalue weighted by molar-refractivity contribution is 6.32. The average molecular weight is 232 g/mol. The summed E-state index contributed by atoms with van der Waals surface area (Å²) in [6, 6.07) is 16.2. The van der Waals surface area contributed by atoms with Gasteiger partial charge in [-0.05, 0) is 12.1 Å². The summed E-state index contributed by atoms with van der Waals surface area (Å²) in [4.78, 5) is 0. The summed E-state index contributed by atoms with van der Waals surface area (Å²) in [5, 5.41) is 12.3. The van der Waals surface area contributed by atoms with Crippen LogP contribution < -0.4 is 0 Å². The van der Waals surface area contributed by atoms with E-state index >= 15 is 0 Å². The lowest BCUT2D eigenvalue weighted by Crippen LogP contribution is -1.98. The van der Waals surface area contributed by atoms with Crippen molar-refractivity contribution in [3.8, 4) is 0 Å². The first-order valence-corrected chi connectivity index (χ1v) is 5.26. The number of hydrogen-bond donors (Lipinski definition) is 0. The summed E-state index contributed by atoms with van der Waals surface area (Å²) in [6.07, 6.45) is 1.47. The van der Waals surface area contributed by atoms with Crippen molar-refractivity contribution in [3.63, 3.8) is 0 Å². The van der Waals surface area contributed by atoms with Gasteiger partial charge in [-0.2, -0.15) is 4.74 Å². The molecule has 0 spiro atoms. The maximum atomic E-state index is 11.8. The second-order valence-electron chi connectivity index (χ2n) is 3.31. The number of hydrogen-bond acceptors (Lipinski definition) is 1. The normalized spacial score (nSPS) is 11.4. The molecular formula is C13H10ClNO. The van der Waals surface area contributed by atoms with E-state index in [-0.39, 0.29) is 0 Å². The monoisotopic (exact) mass is 231 g/mol. The van der Waals surface area contributed by atoms with Gasteiger partial charge in [-0.1, -0.05) is 41.9 Å². The van der Waals surface area contributed by atoms with Gasteiger partial charge in [0.1, 0.15) is 0 Å². The maximum Gasteiger partial charge on any atom is 0.216 e. The van der Waals surface area contributed by atoms with E-state index in [0.29, 0.717) is 16.3 Å². The SMILES string of the molecule is [O-]/[N+](=C/c1ccccc1Cl)c1ccccc1. The van der Waals surface area contributed by atoms with Crippen molar-refractivity contribution in [1.29, 1.82) is 0 Å². The van der Waals surface area contributed by atoms with Gasteiger partial charge in [0.25, 0.3) is 0 Å². The molecule has 0 atom stereocenters. The van der Waals surface area contributed by atoms with Crippen molar-refractivity contribution < 1.29 is 4.74 Å². The molecular weight excluding hydrogens is 222 g/mol. The van der Waals surface area contributed by atoms with Gasteiger partial charge in [0.05, 0.1) is 10.6 Å². The third-order valence-electron chi connectivity index (χ3n) is 2.17. The van der Waals surface area contributed by atoms with Crippen LogP contribution in [0, 0.1) is 5.21 Å². The molecule has 0 radical (unpaired) electrons. The first-order valence-electron chi connectivity index (χ1n) is 4.88. The summed E-state index contributed by atoms with van der Waals surface area (Å²) in [5.74, 6) is 0. The third kappa shape index (κ3) is 2.41. The molecule has 3 heteroatoms. The van der Waals surface area contributed by atoms with Gasteiger partial charge in [-0.25, -0.2) is 0 Å². The average Bonchev–Trinajstić information content (AvgIpc) is 2.33. The molecule has 0 aliphatic rings. The van der Waals surface area contributed by atoms with Gasteiger partial charge in [-0.3, -0.25) is 0 Å². The van der Waals surface area contributed by atoms with Crippen LogP contribution in [0.2, 0.25) is 5.02 Å². The minimum absolute atomic E-state index is 0.569. The second-order valence-corrected chi connectivity index (χ2v) is 3.72. The van der Waals surface area contributed by atoms with Crippen LogP contribution in [0.1, 0.15) is 5.56 Å². The van der Waals surface area contributed by atoms with Crippen LogP contribution in [-0.4, -0.2) is 11.0 Å². The lowest BCUT2D eigenvalue weighted by Gasteiger charge is -2.02. The van der Waals surface area contributed by atoms with E-state index in [2.05, 4.69) is 0 Å². The summed E-state index contributed by atoms with van der Waals surface area (Å²) in [6.45, 7) is 0. The number of nitrogens with zero attached hydrogens (tertiary/aromatic N) is 1. The van der Waals surface area contributed by atoms with Crippen LogP contribution >= 0.6 is 11.6 Å². The van der Waals surface area contributed by atoms with Gasteiger partial charge in [-0.15, -0.1) is 0 Å². The van der Waals surface area contributed by atoms with Crippen LogP contribution in [-0.2, 0) is 0 Å². The Morgan fingerprint density at radius 3 is 2.25 bits per heavy atom. The van der Waals surface area contributed by atoms with E-state index in [1.807, 2.05) is 30.3 Å². The first kappa shape index (κ1) is 10.7. The zero-order chi connectivity index (χ0) is 11.4. The minimum Gasteiger partial charge on any atom is -0.618 e. The lowest BCUT2D eigenvalue weighted by molar-refractivity contribution is -0.354. The lowest BCUT2D eigenvalue weighted by atomic mass is 10.2. The molecule has 80 valence electrons. The highest BCUT2D eigenvalue weighted by Crippen LogP contribution is 2.14. The Morgan fingerprint density at radius 1 is 0.938 bits per heavy atom. The number of halogens is 1. The topological polar surface area (TPSA) is 26.1 Å².